The number of nitrogens with two attached hydrogens (primary N) is 1. The van der Waals surface area contributed by atoms with E-state index >= 15 is 0 Å². The van der Waals surface area contributed by atoms with Crippen molar-refractivity contribution in [3.05, 3.63) is 29.2 Å². The number of halogens is 1. The van der Waals surface area contributed by atoms with E-state index in [-0.39, 0.29) is 0 Å². The van der Waals surface area contributed by atoms with Gasteiger partial charge in [0, 0.05) is 24.2 Å². The van der Waals surface area contributed by atoms with E-state index in [4.69, 9.17) is 22.3 Å². The van der Waals surface area contributed by atoms with Gasteiger partial charge in [-0.15, -0.1) is 0 Å². The number of nitrogen functional groups attached to an aromatic ring is 1. The van der Waals surface area contributed by atoms with Crippen LogP contribution in [0.2, 0.25) is 5.02 Å². The van der Waals surface area contributed by atoms with Crippen molar-refractivity contribution in [3.8, 4) is 0 Å². The molecule has 23 heavy (non-hydrogen) atoms. The Hall–Kier alpha value is -1.53. The highest BCUT2D eigenvalue weighted by Gasteiger charge is 2.22. The lowest BCUT2D eigenvalue weighted by Gasteiger charge is -2.18. The fourth-order valence-electron chi connectivity index (χ4n) is 2.71. The number of nitrogens with zero attached hydrogens (tertiary/aromatic N) is 4. The third-order valence-electron chi connectivity index (χ3n) is 4.16. The molecule has 0 aromatic carbocycles. The molecule has 2 aromatic rings. The van der Waals surface area contributed by atoms with Crippen molar-refractivity contribution in [2.75, 3.05) is 23.7 Å². The molecule has 0 radical (unpaired) electrons. The van der Waals surface area contributed by atoms with Crippen molar-refractivity contribution >= 4 is 35.0 Å². The number of rotatable bonds is 4. The summed E-state index contributed by atoms with van der Waals surface area (Å²) in [5.41, 5.74) is 6.65. The molecule has 122 valence electrons. The van der Waals surface area contributed by atoms with Gasteiger partial charge in [0.15, 0.2) is 0 Å². The Morgan fingerprint density at radius 2 is 2.26 bits per heavy atom. The maximum atomic E-state index is 6.20. The topological polar surface area (TPSA) is 67.9 Å². The van der Waals surface area contributed by atoms with Crippen LogP contribution in [0.3, 0.4) is 0 Å². The lowest BCUT2D eigenvalue weighted by atomic mass is 10.1. The highest BCUT2D eigenvalue weighted by atomic mass is 35.5. The number of pyridine rings is 1. The molecule has 3 heterocycles. The second kappa shape index (κ2) is 6.93. The molecule has 5 nitrogen and oxygen atoms in total. The summed E-state index contributed by atoms with van der Waals surface area (Å²) in [4.78, 5) is 16.4. The minimum Gasteiger partial charge on any atom is -0.382 e. The number of anilines is 2. The minimum absolute atomic E-state index is 0.335. The van der Waals surface area contributed by atoms with E-state index < -0.39 is 0 Å². The standard InChI is InChI=1S/C16H20ClN5S/c1-3-11-5-7-22(9-11)13-8-20-16(10(2)21-13)23-12-4-6-19-15(18)14(12)17/h4,6,8,11H,3,5,7,9H2,1-2H3,(H2,18,19)/t11-/m0/s1. The van der Waals surface area contributed by atoms with Crippen LogP contribution in [0, 0.1) is 12.8 Å². The van der Waals surface area contributed by atoms with Crippen LogP contribution in [0.5, 0.6) is 0 Å². The van der Waals surface area contributed by atoms with E-state index in [1.165, 1.54) is 24.6 Å². The Morgan fingerprint density at radius 3 is 2.96 bits per heavy atom. The quantitative estimate of drug-likeness (QED) is 0.905. The van der Waals surface area contributed by atoms with Crippen LogP contribution in [0.1, 0.15) is 25.5 Å². The molecule has 0 bridgehead atoms. The van der Waals surface area contributed by atoms with E-state index in [0.29, 0.717) is 10.8 Å². The van der Waals surface area contributed by atoms with Crippen LogP contribution >= 0.6 is 23.4 Å². The Labute approximate surface area is 145 Å². The van der Waals surface area contributed by atoms with Gasteiger partial charge in [-0.2, -0.15) is 0 Å². The molecule has 1 atom stereocenters. The first-order valence-electron chi connectivity index (χ1n) is 7.75. The van der Waals surface area contributed by atoms with Gasteiger partial charge in [0.05, 0.1) is 16.9 Å². The molecule has 3 rings (SSSR count). The highest BCUT2D eigenvalue weighted by Crippen LogP contribution is 2.36. The predicted molar refractivity (Wildman–Crippen MR) is 95.2 cm³/mol. The summed E-state index contributed by atoms with van der Waals surface area (Å²) in [6.45, 7) is 6.36. The maximum absolute atomic E-state index is 6.20. The summed E-state index contributed by atoms with van der Waals surface area (Å²) >= 11 is 7.66. The zero-order chi connectivity index (χ0) is 16.4. The lowest BCUT2D eigenvalue weighted by molar-refractivity contribution is 0.568. The zero-order valence-corrected chi connectivity index (χ0v) is 14.9. The SMILES string of the molecule is CC[C@H]1CCN(c2cnc(Sc3ccnc(N)c3Cl)c(C)n2)C1. The van der Waals surface area contributed by atoms with Crippen LogP contribution in [-0.4, -0.2) is 28.0 Å². The summed E-state index contributed by atoms with van der Waals surface area (Å²) in [6.07, 6.45) is 5.96. The predicted octanol–water partition coefficient (Wildman–Crippen LogP) is 3.80. The molecule has 7 heteroatoms. The first-order chi connectivity index (χ1) is 11.1. The van der Waals surface area contributed by atoms with E-state index in [9.17, 15) is 0 Å². The lowest BCUT2D eigenvalue weighted by Crippen LogP contribution is -2.21. The van der Waals surface area contributed by atoms with Crippen LogP contribution < -0.4 is 10.6 Å². The van der Waals surface area contributed by atoms with Gasteiger partial charge in [-0.3, -0.25) is 0 Å². The van der Waals surface area contributed by atoms with Gasteiger partial charge in [-0.25, -0.2) is 15.0 Å². The molecule has 2 N–H and O–H groups in total. The van der Waals surface area contributed by atoms with Crippen molar-refractivity contribution in [3.63, 3.8) is 0 Å². The fourth-order valence-corrected chi connectivity index (χ4v) is 3.77. The van der Waals surface area contributed by atoms with Crippen molar-refractivity contribution in [1.82, 2.24) is 15.0 Å². The van der Waals surface area contributed by atoms with Crippen molar-refractivity contribution in [1.29, 1.82) is 0 Å². The molecule has 0 unspecified atom stereocenters. The van der Waals surface area contributed by atoms with Crippen LogP contribution in [0.15, 0.2) is 28.4 Å². The number of hydrogen-bond acceptors (Lipinski definition) is 6. The van der Waals surface area contributed by atoms with Crippen LogP contribution in [0.4, 0.5) is 11.6 Å². The molecule has 0 aliphatic carbocycles. The van der Waals surface area contributed by atoms with Crippen LogP contribution in [0.25, 0.3) is 0 Å². The summed E-state index contributed by atoms with van der Waals surface area (Å²) in [7, 11) is 0. The van der Waals surface area contributed by atoms with Gasteiger partial charge in [0.2, 0.25) is 0 Å². The molecule has 0 saturated carbocycles. The van der Waals surface area contributed by atoms with Gasteiger partial charge in [-0.1, -0.05) is 36.7 Å². The van der Waals surface area contributed by atoms with Crippen molar-refractivity contribution < 1.29 is 0 Å². The maximum Gasteiger partial charge on any atom is 0.147 e. The average molecular weight is 350 g/mol. The number of aryl methyl sites for hydroxylation is 1. The van der Waals surface area contributed by atoms with Gasteiger partial charge < -0.3 is 10.6 Å². The molecule has 0 amide bonds. The van der Waals surface area contributed by atoms with E-state index in [2.05, 4.69) is 21.8 Å². The second-order valence-corrected chi connectivity index (χ2v) is 7.15. The first kappa shape index (κ1) is 16.3. The second-order valence-electron chi connectivity index (χ2n) is 5.74. The average Bonchev–Trinajstić information content (AvgIpc) is 3.02. The largest absolute Gasteiger partial charge is 0.382 e. The normalized spacial score (nSPS) is 17.7. The molecule has 1 fully saturated rings. The highest BCUT2D eigenvalue weighted by molar-refractivity contribution is 7.99. The van der Waals surface area contributed by atoms with Crippen molar-refractivity contribution in [2.45, 2.75) is 36.6 Å². The monoisotopic (exact) mass is 349 g/mol. The Morgan fingerprint density at radius 1 is 1.43 bits per heavy atom. The van der Waals surface area contributed by atoms with E-state index in [1.807, 2.05) is 19.2 Å². The number of aromatic nitrogens is 3. The van der Waals surface area contributed by atoms with Crippen LogP contribution in [-0.2, 0) is 0 Å². The van der Waals surface area contributed by atoms with E-state index in [1.54, 1.807) is 6.20 Å². The summed E-state index contributed by atoms with van der Waals surface area (Å²) in [5, 5.41) is 1.31. The third kappa shape index (κ3) is 3.53. The Balaban J connectivity index is 1.79. The summed E-state index contributed by atoms with van der Waals surface area (Å²) < 4.78 is 0. The fraction of sp³-hybridized carbons (Fsp3) is 0.438. The van der Waals surface area contributed by atoms with Gasteiger partial charge in [0.1, 0.15) is 16.7 Å². The Kier molecular flexibility index (Phi) is 4.92. The molecule has 0 spiro atoms. The van der Waals surface area contributed by atoms with Crippen molar-refractivity contribution in [2.24, 2.45) is 5.92 Å². The number of hydrogen-bond donors (Lipinski definition) is 1. The molecule has 1 aliphatic rings. The van der Waals surface area contributed by atoms with Gasteiger partial charge >= 0.3 is 0 Å². The molecular formula is C16H20ClN5S. The van der Waals surface area contributed by atoms with E-state index in [0.717, 1.165) is 40.4 Å². The molecule has 1 aliphatic heterocycles. The molecule has 1 saturated heterocycles. The smallest absolute Gasteiger partial charge is 0.147 e. The minimum atomic E-state index is 0.335. The first-order valence-corrected chi connectivity index (χ1v) is 8.94. The zero-order valence-electron chi connectivity index (χ0n) is 13.3. The van der Waals surface area contributed by atoms with Gasteiger partial charge in [0.25, 0.3) is 0 Å². The Bertz CT molecular complexity index is 709. The molecular weight excluding hydrogens is 330 g/mol. The van der Waals surface area contributed by atoms with Gasteiger partial charge in [-0.05, 0) is 25.3 Å². The third-order valence-corrected chi connectivity index (χ3v) is 5.83. The molecule has 2 aromatic heterocycles. The summed E-state index contributed by atoms with van der Waals surface area (Å²) in [5.74, 6) is 2.06. The summed E-state index contributed by atoms with van der Waals surface area (Å²) in [6, 6.07) is 1.84.